The van der Waals surface area contributed by atoms with Crippen LogP contribution in [0, 0.1) is 5.92 Å². The van der Waals surface area contributed by atoms with Crippen molar-refractivity contribution in [1.29, 1.82) is 0 Å². The summed E-state index contributed by atoms with van der Waals surface area (Å²) in [6.45, 7) is 8.25. The first-order valence-corrected chi connectivity index (χ1v) is 9.59. The lowest BCUT2D eigenvalue weighted by Gasteiger charge is -2.30. The van der Waals surface area contributed by atoms with Crippen LogP contribution < -0.4 is 0 Å². The van der Waals surface area contributed by atoms with Gasteiger partial charge in [0.05, 0.1) is 13.1 Å². The number of nitrogens with zero attached hydrogens (tertiary/aromatic N) is 3. The van der Waals surface area contributed by atoms with Gasteiger partial charge >= 0.3 is 0 Å². The second-order valence-corrected chi connectivity index (χ2v) is 7.42. The van der Waals surface area contributed by atoms with Gasteiger partial charge in [-0.3, -0.25) is 14.5 Å². The van der Waals surface area contributed by atoms with E-state index in [0.717, 1.165) is 56.2 Å². The van der Waals surface area contributed by atoms with Gasteiger partial charge in [0, 0.05) is 19.4 Å². The number of piperidine rings is 1. The van der Waals surface area contributed by atoms with E-state index in [-0.39, 0.29) is 12.4 Å². The second-order valence-electron chi connectivity index (χ2n) is 7.42. The summed E-state index contributed by atoms with van der Waals surface area (Å²) >= 11 is 0. The Labute approximate surface area is 155 Å². The number of rotatable bonds is 5. The highest BCUT2D eigenvalue weighted by molar-refractivity contribution is 5.78. The molecular weight excluding hydrogens is 334 g/mol. The summed E-state index contributed by atoms with van der Waals surface area (Å²) in [5.74, 6) is 2.73. The van der Waals surface area contributed by atoms with Crippen molar-refractivity contribution >= 4 is 12.4 Å². The molecule has 0 atom stereocenters. The summed E-state index contributed by atoms with van der Waals surface area (Å²) in [5, 5.41) is 6.89. The van der Waals surface area contributed by atoms with Gasteiger partial charge in [0.1, 0.15) is 11.5 Å². The van der Waals surface area contributed by atoms with Gasteiger partial charge in [0.15, 0.2) is 5.89 Å². The molecule has 1 amide bonds. The second kappa shape index (κ2) is 10.3. The molecule has 0 radical (unpaired) electrons. The Bertz CT molecular complexity index is 579. The summed E-state index contributed by atoms with van der Waals surface area (Å²) in [6, 6.07) is 0. The third kappa shape index (κ3) is 6.12. The van der Waals surface area contributed by atoms with Gasteiger partial charge < -0.3 is 14.4 Å². The number of fused-ring (bicyclic) bond motifs is 1. The Hall–Kier alpha value is -1.89. The fourth-order valence-electron chi connectivity index (χ4n) is 3.39. The van der Waals surface area contributed by atoms with Crippen LogP contribution in [0.3, 0.4) is 0 Å². The largest absolute Gasteiger partial charge is 0.483 e. The number of carboxylic acid groups (broad SMARTS) is 1. The summed E-state index contributed by atoms with van der Waals surface area (Å²) in [6.07, 6.45) is 6.54. The van der Waals surface area contributed by atoms with Crippen LogP contribution in [0.5, 0.6) is 0 Å². The molecule has 1 N–H and O–H groups in total. The van der Waals surface area contributed by atoms with Crippen molar-refractivity contribution in [2.75, 3.05) is 26.2 Å². The third-order valence-corrected chi connectivity index (χ3v) is 4.87. The van der Waals surface area contributed by atoms with Crippen molar-refractivity contribution in [3.8, 4) is 0 Å². The minimum Gasteiger partial charge on any atom is -0.483 e. The zero-order valence-corrected chi connectivity index (χ0v) is 15.9. The summed E-state index contributed by atoms with van der Waals surface area (Å²) in [7, 11) is 0. The van der Waals surface area contributed by atoms with Crippen LogP contribution in [-0.2, 0) is 29.0 Å². The molecule has 1 aromatic rings. The van der Waals surface area contributed by atoms with Gasteiger partial charge in [-0.25, -0.2) is 4.98 Å². The molecule has 1 saturated heterocycles. The molecule has 3 rings (SSSR count). The lowest BCUT2D eigenvalue weighted by molar-refractivity contribution is -0.133. The number of likely N-dealkylation sites (tertiary alicyclic amines) is 1. The van der Waals surface area contributed by atoms with E-state index in [0.29, 0.717) is 19.0 Å². The molecule has 0 unspecified atom stereocenters. The van der Waals surface area contributed by atoms with Crippen molar-refractivity contribution < 1.29 is 19.1 Å². The van der Waals surface area contributed by atoms with E-state index in [1.165, 1.54) is 19.3 Å². The number of oxazole rings is 1. The van der Waals surface area contributed by atoms with Crippen molar-refractivity contribution in [2.45, 2.75) is 58.9 Å². The van der Waals surface area contributed by atoms with Crippen LogP contribution in [-0.4, -0.2) is 58.4 Å². The normalized spacial score (nSPS) is 17.4. The number of aromatic nitrogens is 1. The van der Waals surface area contributed by atoms with Crippen LogP contribution in [0.1, 0.15) is 56.9 Å². The highest BCUT2D eigenvalue weighted by Crippen LogP contribution is 2.21. The number of carbonyl (C=O) groups excluding carboxylic acids is 1. The zero-order valence-electron chi connectivity index (χ0n) is 15.9. The van der Waals surface area contributed by atoms with E-state index in [1.807, 2.05) is 4.90 Å². The Morgan fingerprint density at radius 3 is 2.62 bits per heavy atom. The van der Waals surface area contributed by atoms with E-state index in [9.17, 15) is 4.79 Å². The third-order valence-electron chi connectivity index (χ3n) is 4.87. The first kappa shape index (κ1) is 20.4. The Kier molecular flexibility index (Phi) is 8.09. The van der Waals surface area contributed by atoms with Crippen LogP contribution in [0.4, 0.5) is 0 Å². The fourth-order valence-corrected chi connectivity index (χ4v) is 3.39. The molecule has 0 spiro atoms. The maximum Gasteiger partial charge on any atom is 0.290 e. The first-order chi connectivity index (χ1) is 12.5. The average Bonchev–Trinajstić information content (AvgIpc) is 3.03. The maximum absolute atomic E-state index is 12.5. The van der Waals surface area contributed by atoms with Crippen LogP contribution >= 0.6 is 0 Å². The number of aryl methyl sites for hydroxylation is 1. The minimum absolute atomic E-state index is 0.240. The monoisotopic (exact) mass is 365 g/mol. The summed E-state index contributed by atoms with van der Waals surface area (Å²) in [4.78, 5) is 29.8. The summed E-state index contributed by atoms with van der Waals surface area (Å²) in [5.41, 5.74) is 0.974. The van der Waals surface area contributed by atoms with Crippen molar-refractivity contribution in [1.82, 2.24) is 14.8 Å². The maximum atomic E-state index is 12.5. The van der Waals surface area contributed by atoms with Gasteiger partial charge in [0.25, 0.3) is 6.47 Å². The lowest BCUT2D eigenvalue weighted by atomic mass is 10.1. The van der Waals surface area contributed by atoms with Gasteiger partial charge in [-0.2, -0.15) is 0 Å². The molecule has 146 valence electrons. The highest BCUT2D eigenvalue weighted by atomic mass is 16.4. The zero-order chi connectivity index (χ0) is 18.9. The molecule has 2 aliphatic heterocycles. The molecular formula is C19H31N3O4. The molecule has 2 aliphatic rings. The smallest absolute Gasteiger partial charge is 0.290 e. The Balaban J connectivity index is 0.000000758. The van der Waals surface area contributed by atoms with Crippen molar-refractivity contribution in [3.05, 3.63) is 17.3 Å². The standard InChI is InChI=1S/C18H29N3O2.CH2O2/c1-14(2)6-7-17-19-15-12-21(11-8-16(15)23-17)18(22)13-20-9-4-3-5-10-20;2-1-3/h14H,3-13H2,1-2H3;1H,(H,2,3). The van der Waals surface area contributed by atoms with Gasteiger partial charge in [-0.05, 0) is 38.3 Å². The molecule has 26 heavy (non-hydrogen) atoms. The molecule has 0 saturated carbocycles. The fraction of sp³-hybridized carbons (Fsp3) is 0.737. The average molecular weight is 365 g/mol. The Morgan fingerprint density at radius 1 is 1.27 bits per heavy atom. The molecule has 3 heterocycles. The quantitative estimate of drug-likeness (QED) is 0.806. The van der Waals surface area contributed by atoms with Gasteiger partial charge in [0.2, 0.25) is 5.91 Å². The molecule has 0 bridgehead atoms. The summed E-state index contributed by atoms with van der Waals surface area (Å²) < 4.78 is 5.88. The molecule has 0 aromatic carbocycles. The minimum atomic E-state index is -0.250. The highest BCUT2D eigenvalue weighted by Gasteiger charge is 2.26. The van der Waals surface area contributed by atoms with Crippen molar-refractivity contribution in [2.24, 2.45) is 5.92 Å². The number of hydrogen-bond donors (Lipinski definition) is 1. The number of hydrogen-bond acceptors (Lipinski definition) is 5. The van der Waals surface area contributed by atoms with Gasteiger partial charge in [-0.1, -0.05) is 20.3 Å². The predicted molar refractivity (Wildman–Crippen MR) is 97.8 cm³/mol. The SMILES string of the molecule is CC(C)CCc1nc2c(o1)CCN(C(=O)CN1CCCCC1)C2.O=CO. The van der Waals surface area contributed by atoms with Crippen molar-refractivity contribution in [3.63, 3.8) is 0 Å². The molecule has 7 heteroatoms. The molecule has 1 fully saturated rings. The van der Waals surface area contributed by atoms with E-state index >= 15 is 0 Å². The topological polar surface area (TPSA) is 86.9 Å². The van der Waals surface area contributed by atoms with E-state index in [4.69, 9.17) is 14.3 Å². The first-order valence-electron chi connectivity index (χ1n) is 9.59. The molecule has 1 aromatic heterocycles. The van der Waals surface area contributed by atoms with Crippen LogP contribution in [0.25, 0.3) is 0 Å². The lowest BCUT2D eigenvalue weighted by Crippen LogP contribution is -2.44. The van der Waals surface area contributed by atoms with Gasteiger partial charge in [-0.15, -0.1) is 0 Å². The predicted octanol–water partition coefficient (Wildman–Crippen LogP) is 2.33. The van der Waals surface area contributed by atoms with E-state index in [1.54, 1.807) is 0 Å². The molecule has 0 aliphatic carbocycles. The van der Waals surface area contributed by atoms with E-state index in [2.05, 4.69) is 23.7 Å². The van der Waals surface area contributed by atoms with Crippen LogP contribution in [0.2, 0.25) is 0 Å². The Morgan fingerprint density at radius 2 is 1.96 bits per heavy atom. The molecule has 7 nitrogen and oxygen atoms in total. The van der Waals surface area contributed by atoms with E-state index < -0.39 is 0 Å². The number of amides is 1. The number of carbonyl (C=O) groups is 2. The van der Waals surface area contributed by atoms with Crippen LogP contribution in [0.15, 0.2) is 4.42 Å².